The topological polar surface area (TPSA) is 61.4 Å². The quantitative estimate of drug-likeness (QED) is 0.814. The summed E-state index contributed by atoms with van der Waals surface area (Å²) >= 11 is 3.38. The summed E-state index contributed by atoms with van der Waals surface area (Å²) in [6.07, 6.45) is 0.184. The van der Waals surface area contributed by atoms with Crippen LogP contribution in [0.5, 0.6) is 0 Å². The molecule has 2 aromatic rings. The van der Waals surface area contributed by atoms with Gasteiger partial charge in [0.25, 0.3) is 0 Å². The molecule has 2 N–H and O–H groups in total. The standard InChI is InChI=1S/C18H17BrFN3O2/c1-11-7-12(19)5-6-16(11)22-18(25)21-14-9-17(24)23(10-14)15-4-2-3-13(20)8-15/h2-8,14H,9-10H2,1H3,(H2,21,22,25). The molecule has 0 saturated carbocycles. The average molecular weight is 406 g/mol. The molecule has 1 aliphatic heterocycles. The Bertz CT molecular complexity index is 828. The second-order valence-corrected chi connectivity index (χ2v) is 6.86. The fourth-order valence-electron chi connectivity index (χ4n) is 2.81. The van der Waals surface area contributed by atoms with Gasteiger partial charge < -0.3 is 15.5 Å². The van der Waals surface area contributed by atoms with Crippen LogP contribution in [0.3, 0.4) is 0 Å². The van der Waals surface area contributed by atoms with E-state index in [0.717, 1.165) is 10.0 Å². The van der Waals surface area contributed by atoms with Crippen molar-refractivity contribution in [1.82, 2.24) is 5.32 Å². The van der Waals surface area contributed by atoms with Gasteiger partial charge in [0.1, 0.15) is 5.82 Å². The smallest absolute Gasteiger partial charge is 0.319 e. The number of amides is 3. The zero-order valence-corrected chi connectivity index (χ0v) is 15.1. The number of carbonyl (C=O) groups excluding carboxylic acids is 2. The number of anilines is 2. The van der Waals surface area contributed by atoms with Crippen LogP contribution >= 0.6 is 15.9 Å². The Morgan fingerprint density at radius 1 is 1.28 bits per heavy atom. The minimum Gasteiger partial charge on any atom is -0.333 e. The number of benzene rings is 2. The summed E-state index contributed by atoms with van der Waals surface area (Å²) in [7, 11) is 0. The molecule has 1 heterocycles. The molecule has 3 rings (SSSR count). The largest absolute Gasteiger partial charge is 0.333 e. The van der Waals surface area contributed by atoms with E-state index in [4.69, 9.17) is 0 Å². The van der Waals surface area contributed by atoms with Crippen LogP contribution < -0.4 is 15.5 Å². The molecule has 1 aliphatic rings. The van der Waals surface area contributed by atoms with Gasteiger partial charge in [-0.15, -0.1) is 0 Å². The zero-order chi connectivity index (χ0) is 18.0. The van der Waals surface area contributed by atoms with E-state index in [9.17, 15) is 14.0 Å². The lowest BCUT2D eigenvalue weighted by molar-refractivity contribution is -0.117. The van der Waals surface area contributed by atoms with E-state index >= 15 is 0 Å². The van der Waals surface area contributed by atoms with Gasteiger partial charge in [-0.1, -0.05) is 22.0 Å². The van der Waals surface area contributed by atoms with Crippen LogP contribution in [0, 0.1) is 12.7 Å². The fourth-order valence-corrected chi connectivity index (χ4v) is 3.28. The monoisotopic (exact) mass is 405 g/mol. The van der Waals surface area contributed by atoms with E-state index < -0.39 is 5.82 Å². The molecule has 1 unspecified atom stereocenters. The second kappa shape index (κ2) is 7.23. The maximum atomic E-state index is 13.3. The number of carbonyl (C=O) groups is 2. The summed E-state index contributed by atoms with van der Waals surface area (Å²) in [5, 5.41) is 5.58. The number of rotatable bonds is 3. The SMILES string of the molecule is Cc1cc(Br)ccc1NC(=O)NC1CC(=O)N(c2cccc(F)c2)C1. The van der Waals surface area contributed by atoms with Crippen molar-refractivity contribution in [3.63, 3.8) is 0 Å². The molecule has 0 radical (unpaired) electrons. The van der Waals surface area contributed by atoms with Crippen LogP contribution in [0.15, 0.2) is 46.9 Å². The fraction of sp³-hybridized carbons (Fsp3) is 0.222. The number of halogens is 2. The third-order valence-electron chi connectivity index (χ3n) is 4.02. The van der Waals surface area contributed by atoms with E-state index in [0.29, 0.717) is 17.9 Å². The average Bonchev–Trinajstić information content (AvgIpc) is 2.90. The highest BCUT2D eigenvalue weighted by molar-refractivity contribution is 9.10. The molecule has 25 heavy (non-hydrogen) atoms. The van der Waals surface area contributed by atoms with Gasteiger partial charge in [0.2, 0.25) is 5.91 Å². The molecule has 3 amide bonds. The lowest BCUT2D eigenvalue weighted by atomic mass is 10.2. The van der Waals surface area contributed by atoms with Gasteiger partial charge in [-0.05, 0) is 48.9 Å². The number of hydrogen-bond acceptors (Lipinski definition) is 2. The molecule has 0 bridgehead atoms. The first-order valence-corrected chi connectivity index (χ1v) is 8.61. The van der Waals surface area contributed by atoms with Crippen LogP contribution in [0.4, 0.5) is 20.6 Å². The van der Waals surface area contributed by atoms with Crippen LogP contribution in [0.25, 0.3) is 0 Å². The highest BCUT2D eigenvalue weighted by Crippen LogP contribution is 2.23. The molecular formula is C18H17BrFN3O2. The molecule has 5 nitrogen and oxygen atoms in total. The summed E-state index contributed by atoms with van der Waals surface area (Å²) < 4.78 is 14.3. The highest BCUT2D eigenvalue weighted by Gasteiger charge is 2.31. The maximum absolute atomic E-state index is 13.3. The van der Waals surface area contributed by atoms with Gasteiger partial charge in [-0.2, -0.15) is 0 Å². The third kappa shape index (κ3) is 4.17. The first kappa shape index (κ1) is 17.4. The number of urea groups is 1. The van der Waals surface area contributed by atoms with Crippen molar-refractivity contribution in [1.29, 1.82) is 0 Å². The van der Waals surface area contributed by atoms with Crippen molar-refractivity contribution in [3.05, 3.63) is 58.3 Å². The van der Waals surface area contributed by atoms with Gasteiger partial charge in [0.05, 0.1) is 6.04 Å². The Morgan fingerprint density at radius 3 is 2.80 bits per heavy atom. The molecule has 0 aromatic heterocycles. The van der Waals surface area contributed by atoms with Crippen LogP contribution in [-0.2, 0) is 4.79 Å². The Kier molecular flexibility index (Phi) is 5.03. The normalized spacial score (nSPS) is 16.8. The van der Waals surface area contributed by atoms with Gasteiger partial charge in [-0.3, -0.25) is 4.79 Å². The lowest BCUT2D eigenvalue weighted by Crippen LogP contribution is -2.39. The van der Waals surface area contributed by atoms with E-state index in [1.54, 1.807) is 18.2 Å². The molecule has 0 aliphatic carbocycles. The summed E-state index contributed by atoms with van der Waals surface area (Å²) in [5.74, 6) is -0.541. The molecular weight excluding hydrogens is 389 g/mol. The first-order valence-electron chi connectivity index (χ1n) is 7.82. The van der Waals surface area contributed by atoms with Gasteiger partial charge in [-0.25, -0.2) is 9.18 Å². The Labute approximate surface area is 153 Å². The van der Waals surface area contributed by atoms with Crippen molar-refractivity contribution >= 4 is 39.2 Å². The molecule has 7 heteroatoms. The van der Waals surface area contributed by atoms with Crippen molar-refractivity contribution in [3.8, 4) is 0 Å². The van der Waals surface area contributed by atoms with Crippen molar-refractivity contribution in [2.45, 2.75) is 19.4 Å². The van der Waals surface area contributed by atoms with Crippen LogP contribution in [0.2, 0.25) is 0 Å². The van der Waals surface area contributed by atoms with E-state index in [-0.39, 0.29) is 24.4 Å². The predicted molar refractivity (Wildman–Crippen MR) is 98.2 cm³/mol. The Balaban J connectivity index is 1.62. The highest BCUT2D eigenvalue weighted by atomic mass is 79.9. The van der Waals surface area contributed by atoms with Crippen molar-refractivity contribution < 1.29 is 14.0 Å². The summed E-state index contributed by atoms with van der Waals surface area (Å²) in [6, 6.07) is 10.7. The molecule has 1 saturated heterocycles. The first-order chi connectivity index (χ1) is 11.9. The summed E-state index contributed by atoms with van der Waals surface area (Å²) in [4.78, 5) is 25.8. The lowest BCUT2D eigenvalue weighted by Gasteiger charge is -2.17. The summed E-state index contributed by atoms with van der Waals surface area (Å²) in [5.41, 5.74) is 2.12. The Morgan fingerprint density at radius 2 is 2.08 bits per heavy atom. The number of hydrogen-bond donors (Lipinski definition) is 2. The summed E-state index contributed by atoms with van der Waals surface area (Å²) in [6.45, 7) is 2.21. The van der Waals surface area contributed by atoms with Crippen LogP contribution in [0.1, 0.15) is 12.0 Å². The molecule has 1 atom stereocenters. The van der Waals surface area contributed by atoms with Crippen molar-refractivity contribution in [2.24, 2.45) is 0 Å². The minimum atomic E-state index is -0.398. The van der Waals surface area contributed by atoms with Gasteiger partial charge in [0.15, 0.2) is 0 Å². The second-order valence-electron chi connectivity index (χ2n) is 5.94. The van der Waals surface area contributed by atoms with Gasteiger partial charge >= 0.3 is 6.03 Å². The van der Waals surface area contributed by atoms with E-state index in [1.165, 1.54) is 17.0 Å². The molecule has 2 aromatic carbocycles. The maximum Gasteiger partial charge on any atom is 0.319 e. The minimum absolute atomic E-state index is 0.143. The number of nitrogens with zero attached hydrogens (tertiary/aromatic N) is 1. The van der Waals surface area contributed by atoms with Crippen LogP contribution in [-0.4, -0.2) is 24.5 Å². The van der Waals surface area contributed by atoms with Crippen molar-refractivity contribution in [2.75, 3.05) is 16.8 Å². The molecule has 0 spiro atoms. The van der Waals surface area contributed by atoms with E-state index in [1.807, 2.05) is 19.1 Å². The zero-order valence-electron chi connectivity index (χ0n) is 13.6. The van der Waals surface area contributed by atoms with Gasteiger partial charge in [0, 0.05) is 28.8 Å². The molecule has 130 valence electrons. The molecule has 1 fully saturated rings. The number of aryl methyl sites for hydroxylation is 1. The number of nitrogens with one attached hydrogen (secondary N) is 2. The third-order valence-corrected chi connectivity index (χ3v) is 4.51. The predicted octanol–water partition coefficient (Wildman–Crippen LogP) is 3.82. The Hall–Kier alpha value is -2.41. The van der Waals surface area contributed by atoms with E-state index in [2.05, 4.69) is 26.6 Å².